The molecule has 0 aliphatic heterocycles. The number of carbonyl (C=O) groups excluding carboxylic acids is 1. The molecule has 1 N–H and O–H groups in total. The Labute approximate surface area is 144 Å². The molecule has 3 heterocycles. The van der Waals surface area contributed by atoms with Crippen molar-refractivity contribution in [2.24, 2.45) is 0 Å². The molecule has 0 radical (unpaired) electrons. The first-order valence-corrected chi connectivity index (χ1v) is 8.49. The van der Waals surface area contributed by atoms with Crippen molar-refractivity contribution in [3.8, 4) is 0 Å². The molecule has 1 aliphatic carbocycles. The Morgan fingerprint density at radius 3 is 2.84 bits per heavy atom. The zero-order valence-electron chi connectivity index (χ0n) is 14.4. The molecule has 0 saturated carbocycles. The van der Waals surface area contributed by atoms with E-state index in [1.54, 1.807) is 0 Å². The molecule has 1 atom stereocenters. The van der Waals surface area contributed by atoms with Gasteiger partial charge in [0.05, 0.1) is 16.6 Å². The molecule has 25 heavy (non-hydrogen) atoms. The molecule has 3 aromatic rings. The molecule has 130 valence electrons. The van der Waals surface area contributed by atoms with Gasteiger partial charge in [0.2, 0.25) is 5.89 Å². The van der Waals surface area contributed by atoms with E-state index in [9.17, 15) is 4.79 Å². The summed E-state index contributed by atoms with van der Waals surface area (Å²) < 4.78 is 10.5. The van der Waals surface area contributed by atoms with Gasteiger partial charge >= 0.3 is 0 Å². The van der Waals surface area contributed by atoms with Gasteiger partial charge < -0.3 is 14.4 Å². The number of amides is 1. The van der Waals surface area contributed by atoms with Gasteiger partial charge in [-0.05, 0) is 38.7 Å². The van der Waals surface area contributed by atoms with E-state index in [1.165, 1.54) is 0 Å². The SMILES string of the molecule is CCc1noc([C@@H](C)NC(=O)c2c3c(nc4onc(C)c24)CCC3)n1. The van der Waals surface area contributed by atoms with E-state index in [1.807, 2.05) is 20.8 Å². The third-order valence-electron chi connectivity index (χ3n) is 4.57. The van der Waals surface area contributed by atoms with Crippen molar-refractivity contribution >= 4 is 17.0 Å². The first-order valence-electron chi connectivity index (χ1n) is 8.49. The molecule has 0 fully saturated rings. The van der Waals surface area contributed by atoms with Crippen LogP contribution in [-0.2, 0) is 19.3 Å². The highest BCUT2D eigenvalue weighted by Crippen LogP contribution is 2.32. The van der Waals surface area contributed by atoms with Gasteiger partial charge in [-0.25, -0.2) is 4.98 Å². The molecule has 1 aliphatic rings. The van der Waals surface area contributed by atoms with Gasteiger partial charge in [-0.1, -0.05) is 17.2 Å². The number of fused-ring (bicyclic) bond motifs is 2. The Hall–Kier alpha value is -2.77. The summed E-state index contributed by atoms with van der Waals surface area (Å²) >= 11 is 0. The third kappa shape index (κ3) is 2.57. The number of hydrogen-bond acceptors (Lipinski definition) is 7. The summed E-state index contributed by atoms with van der Waals surface area (Å²) in [6.07, 6.45) is 3.36. The van der Waals surface area contributed by atoms with Gasteiger partial charge in [0.1, 0.15) is 6.04 Å². The first kappa shape index (κ1) is 15.7. The molecule has 0 unspecified atom stereocenters. The van der Waals surface area contributed by atoms with Crippen LogP contribution in [-0.4, -0.2) is 26.2 Å². The highest BCUT2D eigenvalue weighted by atomic mass is 16.5. The highest BCUT2D eigenvalue weighted by Gasteiger charge is 2.28. The molecular weight excluding hydrogens is 322 g/mol. The molecule has 4 rings (SSSR count). The van der Waals surface area contributed by atoms with Crippen molar-refractivity contribution in [2.75, 3.05) is 0 Å². The van der Waals surface area contributed by atoms with Crippen LogP contribution in [0.4, 0.5) is 0 Å². The molecular formula is C17H19N5O3. The van der Waals surface area contributed by atoms with Gasteiger partial charge in [0.25, 0.3) is 11.6 Å². The van der Waals surface area contributed by atoms with E-state index in [-0.39, 0.29) is 11.9 Å². The minimum absolute atomic E-state index is 0.194. The summed E-state index contributed by atoms with van der Waals surface area (Å²) in [5.41, 5.74) is 3.61. The largest absolute Gasteiger partial charge is 0.340 e. The quantitative estimate of drug-likeness (QED) is 0.776. The lowest BCUT2D eigenvalue weighted by Crippen LogP contribution is -2.28. The highest BCUT2D eigenvalue weighted by molar-refractivity contribution is 6.07. The molecule has 0 aromatic carbocycles. The number of rotatable bonds is 4. The second-order valence-corrected chi connectivity index (χ2v) is 6.31. The van der Waals surface area contributed by atoms with Crippen molar-refractivity contribution in [2.45, 2.75) is 52.5 Å². The van der Waals surface area contributed by atoms with Gasteiger partial charge in [-0.15, -0.1) is 0 Å². The average molecular weight is 341 g/mol. The van der Waals surface area contributed by atoms with Gasteiger partial charge in [0.15, 0.2) is 5.82 Å². The van der Waals surface area contributed by atoms with Crippen LogP contribution in [0.5, 0.6) is 0 Å². The van der Waals surface area contributed by atoms with Crippen LogP contribution < -0.4 is 5.32 Å². The van der Waals surface area contributed by atoms with Crippen LogP contribution in [0.25, 0.3) is 11.1 Å². The monoisotopic (exact) mass is 341 g/mol. The average Bonchev–Trinajstić information content (AvgIpc) is 3.32. The fourth-order valence-electron chi connectivity index (χ4n) is 3.28. The van der Waals surface area contributed by atoms with E-state index in [0.29, 0.717) is 40.5 Å². The Kier molecular flexibility index (Phi) is 3.74. The Morgan fingerprint density at radius 2 is 2.08 bits per heavy atom. The lowest BCUT2D eigenvalue weighted by molar-refractivity contribution is 0.0933. The Bertz CT molecular complexity index is 959. The van der Waals surface area contributed by atoms with Crippen molar-refractivity contribution < 1.29 is 13.8 Å². The second kappa shape index (κ2) is 5.94. The van der Waals surface area contributed by atoms with E-state index in [4.69, 9.17) is 9.05 Å². The van der Waals surface area contributed by atoms with Gasteiger partial charge in [-0.2, -0.15) is 4.98 Å². The molecule has 1 amide bonds. The first-order chi connectivity index (χ1) is 12.1. The third-order valence-corrected chi connectivity index (χ3v) is 4.57. The van der Waals surface area contributed by atoms with E-state index < -0.39 is 0 Å². The number of pyridine rings is 1. The zero-order chi connectivity index (χ0) is 17.6. The standard InChI is InChI=1S/C17H19N5O3/c1-4-12-20-16(24-22-12)9(3)18-15(23)14-10-6-5-7-11(10)19-17-13(14)8(2)21-25-17/h9H,4-7H2,1-3H3,(H,18,23)/t9-/m1/s1. The minimum Gasteiger partial charge on any atom is -0.340 e. The van der Waals surface area contributed by atoms with Crippen LogP contribution in [0.2, 0.25) is 0 Å². The number of carbonyl (C=O) groups is 1. The zero-order valence-corrected chi connectivity index (χ0v) is 14.4. The summed E-state index contributed by atoms with van der Waals surface area (Å²) in [7, 11) is 0. The normalized spacial score (nSPS) is 14.7. The van der Waals surface area contributed by atoms with Crippen LogP contribution in [0.15, 0.2) is 9.05 Å². The van der Waals surface area contributed by atoms with E-state index in [2.05, 4.69) is 25.6 Å². The predicted octanol–water partition coefficient (Wildman–Crippen LogP) is 2.46. The van der Waals surface area contributed by atoms with Crippen LogP contribution in [0.3, 0.4) is 0 Å². The maximum absolute atomic E-state index is 13.0. The number of aryl methyl sites for hydroxylation is 3. The Morgan fingerprint density at radius 1 is 1.24 bits per heavy atom. The fraction of sp³-hybridized carbons (Fsp3) is 0.471. The number of nitrogens with one attached hydrogen (secondary N) is 1. The van der Waals surface area contributed by atoms with Crippen molar-refractivity contribution in [1.29, 1.82) is 0 Å². The number of aromatic nitrogens is 4. The summed E-state index contributed by atoms with van der Waals surface area (Å²) in [5.74, 6) is 0.827. The smallest absolute Gasteiger partial charge is 0.259 e. The topological polar surface area (TPSA) is 107 Å². The Balaban J connectivity index is 1.71. The van der Waals surface area contributed by atoms with E-state index in [0.717, 1.165) is 30.5 Å². The predicted molar refractivity (Wildman–Crippen MR) is 88.1 cm³/mol. The lowest BCUT2D eigenvalue weighted by atomic mass is 10.0. The number of nitrogens with zero attached hydrogens (tertiary/aromatic N) is 4. The van der Waals surface area contributed by atoms with Crippen molar-refractivity contribution in [1.82, 2.24) is 25.6 Å². The minimum atomic E-state index is -0.388. The number of hydrogen-bond donors (Lipinski definition) is 1. The van der Waals surface area contributed by atoms with Gasteiger partial charge in [0, 0.05) is 12.1 Å². The fourth-order valence-corrected chi connectivity index (χ4v) is 3.28. The summed E-state index contributed by atoms with van der Waals surface area (Å²) in [5, 5.41) is 11.5. The van der Waals surface area contributed by atoms with Crippen LogP contribution in [0.1, 0.15) is 65.3 Å². The lowest BCUT2D eigenvalue weighted by Gasteiger charge is -2.13. The van der Waals surface area contributed by atoms with Crippen molar-refractivity contribution in [3.05, 3.63) is 34.2 Å². The maximum Gasteiger partial charge on any atom is 0.259 e. The molecule has 8 nitrogen and oxygen atoms in total. The van der Waals surface area contributed by atoms with Crippen molar-refractivity contribution in [3.63, 3.8) is 0 Å². The molecule has 0 spiro atoms. The summed E-state index contributed by atoms with van der Waals surface area (Å²) in [6, 6.07) is -0.388. The molecule has 3 aromatic heterocycles. The van der Waals surface area contributed by atoms with Gasteiger partial charge in [-0.3, -0.25) is 4.79 Å². The van der Waals surface area contributed by atoms with E-state index >= 15 is 0 Å². The molecule has 0 saturated heterocycles. The van der Waals surface area contributed by atoms with Crippen LogP contribution in [0, 0.1) is 6.92 Å². The maximum atomic E-state index is 13.0. The summed E-state index contributed by atoms with van der Waals surface area (Å²) in [4.78, 5) is 21.8. The summed E-state index contributed by atoms with van der Waals surface area (Å²) in [6.45, 7) is 5.59. The second-order valence-electron chi connectivity index (χ2n) is 6.31. The van der Waals surface area contributed by atoms with Crippen LogP contribution >= 0.6 is 0 Å². The molecule has 0 bridgehead atoms. The molecule has 8 heteroatoms.